The van der Waals surface area contributed by atoms with Crippen molar-refractivity contribution >= 4 is 23.5 Å². The number of amides is 2. The molecule has 0 fully saturated rings. The first-order chi connectivity index (χ1) is 16.4. The summed E-state index contributed by atoms with van der Waals surface area (Å²) in [5.41, 5.74) is 1.98. The van der Waals surface area contributed by atoms with Crippen LogP contribution in [0.5, 0.6) is 5.75 Å². The number of hydrogen-bond donors (Lipinski definition) is 2. The molecule has 11 heteroatoms. The first kappa shape index (κ1) is 23.3. The zero-order chi connectivity index (χ0) is 24.1. The fraction of sp³-hybridized carbons (Fsp3) is 0.217. The Hall–Kier alpha value is -3.86. The van der Waals surface area contributed by atoms with E-state index in [1.54, 1.807) is 12.5 Å². The van der Waals surface area contributed by atoms with E-state index in [4.69, 9.17) is 9.47 Å². The summed E-state index contributed by atoms with van der Waals surface area (Å²) in [4.78, 5) is 25.5. The van der Waals surface area contributed by atoms with E-state index in [1.165, 1.54) is 0 Å². The molecule has 0 spiro atoms. The van der Waals surface area contributed by atoms with Crippen LogP contribution in [0, 0.1) is 11.6 Å². The van der Waals surface area contributed by atoms with Gasteiger partial charge < -0.3 is 20.1 Å². The van der Waals surface area contributed by atoms with E-state index < -0.39 is 29.7 Å². The van der Waals surface area contributed by atoms with Crippen molar-refractivity contribution in [1.82, 2.24) is 20.2 Å². The molecule has 0 aliphatic carbocycles. The standard InChI is InChI=1S/C23H20F2N4O4S/c1-32-17-4-2-3-13(9-17)5-6-18-20(21(27-23(31)26-18)19-12-34-29-28-19)22(30)33-11-14-7-15(24)10-16(25)8-14/h2-4,7-10,12,21H,5-6,11H2,1H3,(H2,26,27,31). The Bertz CT molecular complexity index is 1210. The van der Waals surface area contributed by atoms with Crippen LogP contribution in [0.25, 0.3) is 0 Å². The van der Waals surface area contributed by atoms with Crippen molar-refractivity contribution in [3.05, 3.63) is 87.6 Å². The van der Waals surface area contributed by atoms with Gasteiger partial charge in [0.05, 0.1) is 12.7 Å². The first-order valence-corrected chi connectivity index (χ1v) is 11.1. The zero-order valence-electron chi connectivity index (χ0n) is 18.0. The lowest BCUT2D eigenvalue weighted by Gasteiger charge is -2.28. The smallest absolute Gasteiger partial charge is 0.338 e. The van der Waals surface area contributed by atoms with Crippen molar-refractivity contribution in [2.75, 3.05) is 7.11 Å². The molecule has 34 heavy (non-hydrogen) atoms. The number of aryl methyl sites for hydroxylation is 1. The van der Waals surface area contributed by atoms with E-state index in [9.17, 15) is 18.4 Å². The minimum atomic E-state index is -0.885. The summed E-state index contributed by atoms with van der Waals surface area (Å²) in [6.07, 6.45) is 0.814. The molecule has 8 nitrogen and oxygen atoms in total. The number of ether oxygens (including phenoxy) is 2. The van der Waals surface area contributed by atoms with Gasteiger partial charge in [-0.25, -0.2) is 18.4 Å². The number of hydrogen-bond acceptors (Lipinski definition) is 7. The van der Waals surface area contributed by atoms with Crippen molar-refractivity contribution in [1.29, 1.82) is 0 Å². The molecule has 0 saturated carbocycles. The number of aromatic nitrogens is 2. The van der Waals surface area contributed by atoms with Crippen LogP contribution in [0.4, 0.5) is 13.6 Å². The summed E-state index contributed by atoms with van der Waals surface area (Å²) in [7, 11) is 1.57. The van der Waals surface area contributed by atoms with E-state index in [1.807, 2.05) is 24.3 Å². The third-order valence-corrected chi connectivity index (χ3v) is 5.66. The maximum Gasteiger partial charge on any atom is 0.338 e. The number of rotatable bonds is 8. The number of halogens is 2. The third kappa shape index (κ3) is 5.54. The zero-order valence-corrected chi connectivity index (χ0v) is 18.8. The number of urea groups is 1. The number of benzene rings is 2. The number of esters is 1. The second-order valence-corrected chi connectivity index (χ2v) is 8.07. The van der Waals surface area contributed by atoms with Crippen LogP contribution in [0.2, 0.25) is 0 Å². The van der Waals surface area contributed by atoms with Gasteiger partial charge in [0.2, 0.25) is 0 Å². The second-order valence-electron chi connectivity index (χ2n) is 7.46. The molecule has 1 aromatic heterocycles. The summed E-state index contributed by atoms with van der Waals surface area (Å²) >= 11 is 1.07. The van der Waals surface area contributed by atoms with Crippen LogP contribution >= 0.6 is 11.5 Å². The number of nitrogens with one attached hydrogen (secondary N) is 2. The monoisotopic (exact) mass is 486 g/mol. The molecule has 2 N–H and O–H groups in total. The molecule has 4 rings (SSSR count). The number of nitrogens with zero attached hydrogens (tertiary/aromatic N) is 2. The van der Waals surface area contributed by atoms with Gasteiger partial charge in [0.25, 0.3) is 0 Å². The van der Waals surface area contributed by atoms with Gasteiger partial charge in [-0.05, 0) is 59.8 Å². The van der Waals surface area contributed by atoms with E-state index in [2.05, 4.69) is 20.2 Å². The number of carbonyl (C=O) groups is 2. The summed E-state index contributed by atoms with van der Waals surface area (Å²) in [6.45, 7) is -0.351. The third-order valence-electron chi connectivity index (χ3n) is 5.14. The Kier molecular flexibility index (Phi) is 7.12. The van der Waals surface area contributed by atoms with Gasteiger partial charge in [0.1, 0.15) is 35.7 Å². The van der Waals surface area contributed by atoms with Gasteiger partial charge in [0, 0.05) is 17.1 Å². The fourth-order valence-electron chi connectivity index (χ4n) is 3.59. The van der Waals surface area contributed by atoms with Crippen LogP contribution in [0.15, 0.2) is 59.1 Å². The van der Waals surface area contributed by atoms with Gasteiger partial charge in [-0.1, -0.05) is 16.6 Å². The SMILES string of the molecule is COc1cccc(CCC2=C(C(=O)OCc3cc(F)cc(F)c3)C(c3csnn3)NC(=O)N2)c1. The fourth-order valence-corrected chi connectivity index (χ4v) is 4.07. The van der Waals surface area contributed by atoms with Crippen molar-refractivity contribution in [3.8, 4) is 5.75 Å². The van der Waals surface area contributed by atoms with Gasteiger partial charge in [-0.15, -0.1) is 5.10 Å². The highest BCUT2D eigenvalue weighted by molar-refractivity contribution is 7.03. The molecule has 176 valence electrons. The Morgan fingerprint density at radius 1 is 1.12 bits per heavy atom. The summed E-state index contributed by atoms with van der Waals surface area (Å²) < 4.78 is 41.4. The molecular weight excluding hydrogens is 466 g/mol. The van der Waals surface area contributed by atoms with Crippen LogP contribution in [-0.4, -0.2) is 28.7 Å². The Balaban J connectivity index is 1.61. The van der Waals surface area contributed by atoms with Gasteiger partial charge in [0.15, 0.2) is 0 Å². The molecule has 1 atom stereocenters. The molecule has 3 aromatic rings. The van der Waals surface area contributed by atoms with Crippen LogP contribution in [0.1, 0.15) is 29.3 Å². The van der Waals surface area contributed by atoms with Gasteiger partial charge in [-0.2, -0.15) is 0 Å². The highest BCUT2D eigenvalue weighted by Gasteiger charge is 2.35. The van der Waals surface area contributed by atoms with Crippen LogP contribution in [-0.2, 0) is 22.6 Å². The maximum absolute atomic E-state index is 13.5. The van der Waals surface area contributed by atoms with Gasteiger partial charge in [-0.3, -0.25) is 0 Å². The predicted molar refractivity (Wildman–Crippen MR) is 119 cm³/mol. The normalized spacial score (nSPS) is 15.5. The Labute approximate surface area is 197 Å². The molecule has 2 heterocycles. The minimum absolute atomic E-state index is 0.145. The number of carbonyl (C=O) groups excluding carboxylic acids is 2. The Morgan fingerprint density at radius 2 is 1.91 bits per heavy atom. The van der Waals surface area contributed by atoms with E-state index in [0.717, 1.165) is 35.3 Å². The van der Waals surface area contributed by atoms with Gasteiger partial charge >= 0.3 is 12.0 Å². The highest BCUT2D eigenvalue weighted by Crippen LogP contribution is 2.29. The predicted octanol–water partition coefficient (Wildman–Crippen LogP) is 3.81. The molecule has 2 aromatic carbocycles. The van der Waals surface area contributed by atoms with E-state index in [-0.39, 0.29) is 17.7 Å². The molecule has 0 radical (unpaired) electrons. The topological polar surface area (TPSA) is 102 Å². The maximum atomic E-state index is 13.5. The average molecular weight is 487 g/mol. The molecule has 0 saturated heterocycles. The molecular formula is C23H20F2N4O4S. The molecule has 1 unspecified atom stereocenters. The lowest BCUT2D eigenvalue weighted by atomic mass is 9.96. The largest absolute Gasteiger partial charge is 0.497 e. The molecule has 1 aliphatic rings. The minimum Gasteiger partial charge on any atom is -0.497 e. The first-order valence-electron chi connectivity index (χ1n) is 10.3. The van der Waals surface area contributed by atoms with Crippen molar-refractivity contribution in [3.63, 3.8) is 0 Å². The van der Waals surface area contributed by atoms with E-state index >= 15 is 0 Å². The molecule has 0 bridgehead atoms. The molecule has 2 amide bonds. The second kappa shape index (κ2) is 10.4. The highest BCUT2D eigenvalue weighted by atomic mass is 32.1. The number of allylic oxidation sites excluding steroid dienone is 1. The summed E-state index contributed by atoms with van der Waals surface area (Å²) in [5, 5.41) is 11.0. The van der Waals surface area contributed by atoms with Crippen LogP contribution in [0.3, 0.4) is 0 Å². The summed E-state index contributed by atoms with van der Waals surface area (Å²) in [6, 6.07) is 8.95. The Morgan fingerprint density at radius 3 is 2.62 bits per heavy atom. The molecule has 1 aliphatic heterocycles. The van der Waals surface area contributed by atoms with Crippen molar-refractivity contribution in [2.24, 2.45) is 0 Å². The quantitative estimate of drug-likeness (QED) is 0.470. The lowest BCUT2D eigenvalue weighted by Crippen LogP contribution is -2.46. The van der Waals surface area contributed by atoms with E-state index in [0.29, 0.717) is 30.0 Å². The average Bonchev–Trinajstić information content (AvgIpc) is 3.35. The van der Waals surface area contributed by atoms with Crippen LogP contribution < -0.4 is 15.4 Å². The van der Waals surface area contributed by atoms with Crippen molar-refractivity contribution < 1.29 is 27.8 Å². The van der Waals surface area contributed by atoms with Crippen molar-refractivity contribution in [2.45, 2.75) is 25.5 Å². The number of methoxy groups -OCH3 is 1. The summed E-state index contributed by atoms with van der Waals surface area (Å²) in [5.74, 6) is -1.62. The lowest BCUT2D eigenvalue weighted by molar-refractivity contribution is -0.140.